The van der Waals surface area contributed by atoms with Crippen LogP contribution < -0.4 is 10.3 Å². The monoisotopic (exact) mass is 353 g/mol. The Balaban J connectivity index is 2.26. The van der Waals surface area contributed by atoms with Gasteiger partial charge in [0, 0.05) is 30.6 Å². The summed E-state index contributed by atoms with van der Waals surface area (Å²) in [6.07, 6.45) is 2.52. The molecule has 1 atom stereocenters. The Hall–Kier alpha value is -2.15. The van der Waals surface area contributed by atoms with E-state index in [1.807, 2.05) is 0 Å². The van der Waals surface area contributed by atoms with Gasteiger partial charge in [0.15, 0.2) is 0 Å². The molecule has 2 rings (SSSR count). The lowest BCUT2D eigenvalue weighted by molar-refractivity contribution is 0.415. The lowest BCUT2D eigenvalue weighted by Gasteiger charge is -2.12. The van der Waals surface area contributed by atoms with Crippen LogP contribution >= 0.6 is 0 Å². The van der Waals surface area contributed by atoms with E-state index < -0.39 is 20.9 Å². The van der Waals surface area contributed by atoms with Gasteiger partial charge in [0.05, 0.1) is 12.4 Å². The fourth-order valence-electron chi connectivity index (χ4n) is 2.25. The van der Waals surface area contributed by atoms with Crippen LogP contribution in [0.4, 0.5) is 4.39 Å². The number of halogens is 1. The van der Waals surface area contributed by atoms with Crippen molar-refractivity contribution in [2.45, 2.75) is 25.1 Å². The van der Waals surface area contributed by atoms with Gasteiger partial charge in [-0.3, -0.25) is 4.79 Å². The number of nitrogens with zero attached hydrogens (tertiary/aromatic N) is 1. The van der Waals surface area contributed by atoms with Crippen LogP contribution in [0, 0.1) is 5.82 Å². The standard InChI is InChI=1S/C17H20FNO4S/c1-12(24(3,21)22)8-9-19-11-16(18)15(10-17(19)20)13-4-6-14(23-2)7-5-13/h4-7,10-12H,8-9H2,1-3H3. The Morgan fingerprint density at radius 3 is 2.42 bits per heavy atom. The third-order valence-corrected chi connectivity index (χ3v) is 5.68. The van der Waals surface area contributed by atoms with Crippen LogP contribution in [0.3, 0.4) is 0 Å². The number of methoxy groups -OCH3 is 1. The van der Waals surface area contributed by atoms with Crippen molar-refractivity contribution in [3.63, 3.8) is 0 Å². The largest absolute Gasteiger partial charge is 0.497 e. The molecule has 0 saturated heterocycles. The van der Waals surface area contributed by atoms with Crippen LogP contribution in [0.15, 0.2) is 41.3 Å². The first-order chi connectivity index (χ1) is 11.2. The van der Waals surface area contributed by atoms with Gasteiger partial charge in [-0.05, 0) is 31.0 Å². The van der Waals surface area contributed by atoms with E-state index in [9.17, 15) is 17.6 Å². The number of ether oxygens (including phenoxy) is 1. The Labute approximate surface area is 140 Å². The number of pyridine rings is 1. The van der Waals surface area contributed by atoms with Crippen LogP contribution in [0.1, 0.15) is 13.3 Å². The Morgan fingerprint density at radius 2 is 1.88 bits per heavy atom. The van der Waals surface area contributed by atoms with E-state index in [0.29, 0.717) is 11.3 Å². The van der Waals surface area contributed by atoms with Crippen molar-refractivity contribution < 1.29 is 17.5 Å². The van der Waals surface area contributed by atoms with Crippen LogP contribution in [0.2, 0.25) is 0 Å². The molecule has 130 valence electrons. The van der Waals surface area contributed by atoms with Crippen LogP contribution in [-0.4, -0.2) is 31.6 Å². The van der Waals surface area contributed by atoms with Gasteiger partial charge in [-0.1, -0.05) is 12.1 Å². The Kier molecular flexibility index (Phi) is 5.43. The van der Waals surface area contributed by atoms with Gasteiger partial charge in [-0.15, -0.1) is 0 Å². The zero-order chi connectivity index (χ0) is 17.9. The second-order valence-electron chi connectivity index (χ2n) is 5.72. The van der Waals surface area contributed by atoms with Crippen LogP contribution in [0.25, 0.3) is 11.1 Å². The van der Waals surface area contributed by atoms with Gasteiger partial charge >= 0.3 is 0 Å². The number of aromatic nitrogens is 1. The minimum Gasteiger partial charge on any atom is -0.497 e. The van der Waals surface area contributed by atoms with Crippen molar-refractivity contribution in [2.24, 2.45) is 0 Å². The molecule has 0 radical (unpaired) electrons. The molecule has 0 aliphatic rings. The number of hydrogen-bond acceptors (Lipinski definition) is 4. The molecule has 0 aliphatic carbocycles. The molecule has 0 bridgehead atoms. The summed E-state index contributed by atoms with van der Waals surface area (Å²) in [4.78, 5) is 12.2. The predicted octanol–water partition coefficient (Wildman–Crippen LogP) is 2.49. The van der Waals surface area contributed by atoms with Gasteiger partial charge in [-0.25, -0.2) is 12.8 Å². The lowest BCUT2D eigenvalue weighted by Crippen LogP contribution is -2.24. The first-order valence-corrected chi connectivity index (χ1v) is 9.41. The predicted molar refractivity (Wildman–Crippen MR) is 91.6 cm³/mol. The lowest BCUT2D eigenvalue weighted by atomic mass is 10.1. The van der Waals surface area contributed by atoms with E-state index in [1.165, 1.54) is 17.7 Å². The molecule has 1 heterocycles. The third kappa shape index (κ3) is 4.23. The first-order valence-electron chi connectivity index (χ1n) is 7.45. The minimum absolute atomic E-state index is 0.146. The average Bonchev–Trinajstić information content (AvgIpc) is 2.54. The second-order valence-corrected chi connectivity index (χ2v) is 8.19. The van der Waals surface area contributed by atoms with Gasteiger partial charge in [0.1, 0.15) is 21.4 Å². The van der Waals surface area contributed by atoms with E-state index in [2.05, 4.69) is 0 Å². The van der Waals surface area contributed by atoms with Gasteiger partial charge < -0.3 is 9.30 Å². The number of rotatable bonds is 6. The summed E-state index contributed by atoms with van der Waals surface area (Å²) in [6, 6.07) is 7.95. The molecule has 24 heavy (non-hydrogen) atoms. The van der Waals surface area contributed by atoms with E-state index in [0.717, 1.165) is 12.5 Å². The molecular weight excluding hydrogens is 333 g/mol. The topological polar surface area (TPSA) is 65.4 Å². The highest BCUT2D eigenvalue weighted by molar-refractivity contribution is 7.91. The number of hydrogen-bond donors (Lipinski definition) is 0. The summed E-state index contributed by atoms with van der Waals surface area (Å²) in [5.74, 6) is 0.106. The normalized spacial score (nSPS) is 12.8. The molecule has 0 amide bonds. The summed E-state index contributed by atoms with van der Waals surface area (Å²) in [7, 11) is -1.64. The van der Waals surface area contributed by atoms with E-state index in [-0.39, 0.29) is 24.1 Å². The molecule has 0 fully saturated rings. The smallest absolute Gasteiger partial charge is 0.251 e. The van der Waals surface area contributed by atoms with Crippen molar-refractivity contribution in [3.05, 3.63) is 52.7 Å². The molecular formula is C17H20FNO4S. The Bertz CT molecular complexity index is 872. The van der Waals surface area contributed by atoms with Crippen LogP contribution in [-0.2, 0) is 16.4 Å². The maximum atomic E-state index is 14.3. The zero-order valence-electron chi connectivity index (χ0n) is 13.8. The fraction of sp³-hybridized carbons (Fsp3) is 0.353. The van der Waals surface area contributed by atoms with Crippen molar-refractivity contribution in [1.29, 1.82) is 0 Å². The maximum Gasteiger partial charge on any atom is 0.251 e. The van der Waals surface area contributed by atoms with Crippen LogP contribution in [0.5, 0.6) is 5.75 Å². The quantitative estimate of drug-likeness (QED) is 0.800. The summed E-state index contributed by atoms with van der Waals surface area (Å²) >= 11 is 0. The van der Waals surface area contributed by atoms with Crippen molar-refractivity contribution in [2.75, 3.05) is 13.4 Å². The zero-order valence-corrected chi connectivity index (χ0v) is 14.6. The van der Waals surface area contributed by atoms with Crippen molar-refractivity contribution >= 4 is 9.84 Å². The molecule has 0 spiro atoms. The van der Waals surface area contributed by atoms with E-state index >= 15 is 0 Å². The molecule has 2 aromatic rings. The van der Waals surface area contributed by atoms with Crippen molar-refractivity contribution in [1.82, 2.24) is 4.57 Å². The Morgan fingerprint density at radius 1 is 1.25 bits per heavy atom. The summed E-state index contributed by atoms with van der Waals surface area (Å²) < 4.78 is 43.4. The van der Waals surface area contributed by atoms with Crippen molar-refractivity contribution in [3.8, 4) is 16.9 Å². The molecule has 5 nitrogen and oxygen atoms in total. The summed E-state index contributed by atoms with van der Waals surface area (Å²) in [5, 5.41) is -0.589. The number of sulfone groups is 1. The highest BCUT2D eigenvalue weighted by Gasteiger charge is 2.16. The maximum absolute atomic E-state index is 14.3. The molecule has 1 unspecified atom stereocenters. The minimum atomic E-state index is -3.17. The highest BCUT2D eigenvalue weighted by atomic mass is 32.2. The fourth-order valence-corrected chi connectivity index (χ4v) is 2.78. The molecule has 1 aromatic carbocycles. The molecule has 0 saturated carbocycles. The summed E-state index contributed by atoms with van der Waals surface area (Å²) in [6.45, 7) is 1.72. The molecule has 0 aliphatic heterocycles. The number of benzene rings is 1. The molecule has 0 N–H and O–H groups in total. The molecule has 1 aromatic heterocycles. The van der Waals surface area contributed by atoms with E-state index in [4.69, 9.17) is 4.74 Å². The van der Waals surface area contributed by atoms with Gasteiger partial charge in [0.25, 0.3) is 5.56 Å². The summed E-state index contributed by atoms with van der Waals surface area (Å²) in [5.41, 5.74) is 0.403. The van der Waals surface area contributed by atoms with Gasteiger partial charge in [0.2, 0.25) is 0 Å². The average molecular weight is 353 g/mol. The second kappa shape index (κ2) is 7.17. The SMILES string of the molecule is COc1ccc(-c2cc(=O)n(CCC(C)S(C)(=O)=O)cc2F)cc1. The first kappa shape index (κ1) is 18.2. The van der Waals surface area contributed by atoms with E-state index in [1.54, 1.807) is 31.2 Å². The third-order valence-electron chi connectivity index (χ3n) is 3.99. The highest BCUT2D eigenvalue weighted by Crippen LogP contribution is 2.23. The molecule has 7 heteroatoms. The number of aryl methyl sites for hydroxylation is 1. The van der Waals surface area contributed by atoms with Gasteiger partial charge in [-0.2, -0.15) is 0 Å².